The van der Waals surface area contributed by atoms with E-state index in [0.717, 1.165) is 19.0 Å². The molecule has 0 aliphatic carbocycles. The Kier molecular flexibility index (Phi) is 4.45. The molecule has 1 saturated heterocycles. The Morgan fingerprint density at radius 1 is 1.26 bits per heavy atom. The van der Waals surface area contributed by atoms with Crippen molar-refractivity contribution in [3.63, 3.8) is 0 Å². The number of carbonyl (C=O) groups is 1. The van der Waals surface area contributed by atoms with Gasteiger partial charge in [-0.2, -0.15) is 0 Å². The van der Waals surface area contributed by atoms with Crippen molar-refractivity contribution in [2.24, 2.45) is 5.92 Å². The number of nitrogens with one attached hydrogen (secondary N) is 1. The highest BCUT2D eigenvalue weighted by molar-refractivity contribution is 5.93. The number of benzene rings is 1. The van der Waals surface area contributed by atoms with Crippen LogP contribution < -0.4 is 10.2 Å². The van der Waals surface area contributed by atoms with Gasteiger partial charge in [-0.15, -0.1) is 0 Å². The summed E-state index contributed by atoms with van der Waals surface area (Å²) < 4.78 is 26.3. The average molecular weight is 318 g/mol. The Hall–Kier alpha value is -2.57. The molecule has 1 fully saturated rings. The number of anilines is 1. The SMILES string of the molecule is O=C(NC[C@@H]1CCN(c2ccc(F)c(F)c2)C1)c1cncnc1. The van der Waals surface area contributed by atoms with E-state index in [4.69, 9.17) is 0 Å². The van der Waals surface area contributed by atoms with E-state index in [1.807, 2.05) is 4.90 Å². The highest BCUT2D eigenvalue weighted by Gasteiger charge is 2.24. The third kappa shape index (κ3) is 3.61. The molecule has 1 aliphatic heterocycles. The van der Waals surface area contributed by atoms with Crippen LogP contribution in [0.5, 0.6) is 0 Å². The number of nitrogens with zero attached hydrogens (tertiary/aromatic N) is 3. The number of aromatic nitrogens is 2. The minimum absolute atomic E-state index is 0.211. The predicted octanol–water partition coefficient (Wildman–Crippen LogP) is 2.01. The van der Waals surface area contributed by atoms with E-state index in [1.54, 1.807) is 6.07 Å². The molecule has 5 nitrogen and oxygen atoms in total. The first kappa shape index (κ1) is 15.3. The number of halogens is 2. The first-order chi connectivity index (χ1) is 11.1. The quantitative estimate of drug-likeness (QED) is 0.937. The second kappa shape index (κ2) is 6.68. The zero-order valence-electron chi connectivity index (χ0n) is 12.4. The smallest absolute Gasteiger partial charge is 0.254 e. The lowest BCUT2D eigenvalue weighted by Crippen LogP contribution is -2.31. The highest BCUT2D eigenvalue weighted by Crippen LogP contribution is 2.25. The van der Waals surface area contributed by atoms with E-state index in [0.29, 0.717) is 24.3 Å². The number of hydrogen-bond donors (Lipinski definition) is 1. The van der Waals surface area contributed by atoms with Gasteiger partial charge in [0.2, 0.25) is 0 Å². The number of hydrogen-bond acceptors (Lipinski definition) is 4. The maximum Gasteiger partial charge on any atom is 0.254 e. The molecule has 1 aliphatic rings. The van der Waals surface area contributed by atoms with Crippen molar-refractivity contribution in [1.29, 1.82) is 0 Å². The third-order valence-corrected chi connectivity index (χ3v) is 3.93. The zero-order valence-corrected chi connectivity index (χ0v) is 12.4. The van der Waals surface area contributed by atoms with Crippen LogP contribution in [0.25, 0.3) is 0 Å². The fourth-order valence-electron chi connectivity index (χ4n) is 2.67. The first-order valence-electron chi connectivity index (χ1n) is 7.36. The maximum absolute atomic E-state index is 13.3. The van der Waals surface area contributed by atoms with E-state index in [-0.39, 0.29) is 11.8 Å². The molecule has 2 aromatic rings. The summed E-state index contributed by atoms with van der Waals surface area (Å²) in [6.07, 6.45) is 5.17. The summed E-state index contributed by atoms with van der Waals surface area (Å²) in [7, 11) is 0. The molecular weight excluding hydrogens is 302 g/mol. The van der Waals surface area contributed by atoms with Gasteiger partial charge in [-0.1, -0.05) is 0 Å². The molecule has 3 rings (SSSR count). The molecule has 1 atom stereocenters. The average Bonchev–Trinajstić information content (AvgIpc) is 3.05. The summed E-state index contributed by atoms with van der Waals surface area (Å²) in [4.78, 5) is 21.5. The monoisotopic (exact) mass is 318 g/mol. The molecule has 2 heterocycles. The lowest BCUT2D eigenvalue weighted by molar-refractivity contribution is 0.0947. The van der Waals surface area contributed by atoms with Crippen molar-refractivity contribution in [3.05, 3.63) is 54.1 Å². The molecule has 23 heavy (non-hydrogen) atoms. The van der Waals surface area contributed by atoms with Crippen LogP contribution >= 0.6 is 0 Å². The Balaban J connectivity index is 1.54. The number of amides is 1. The van der Waals surface area contributed by atoms with Crippen molar-refractivity contribution in [1.82, 2.24) is 15.3 Å². The van der Waals surface area contributed by atoms with Gasteiger partial charge in [-0.3, -0.25) is 4.79 Å². The van der Waals surface area contributed by atoms with Crippen LogP contribution in [0.4, 0.5) is 14.5 Å². The van der Waals surface area contributed by atoms with Gasteiger partial charge >= 0.3 is 0 Å². The van der Waals surface area contributed by atoms with Crippen LogP contribution in [0.15, 0.2) is 36.9 Å². The summed E-state index contributed by atoms with van der Waals surface area (Å²) in [6, 6.07) is 3.91. The molecule has 0 bridgehead atoms. The van der Waals surface area contributed by atoms with E-state index in [2.05, 4.69) is 15.3 Å². The van der Waals surface area contributed by atoms with E-state index >= 15 is 0 Å². The van der Waals surface area contributed by atoms with E-state index in [9.17, 15) is 13.6 Å². The normalized spacial score (nSPS) is 17.3. The van der Waals surface area contributed by atoms with Crippen LogP contribution in [0.2, 0.25) is 0 Å². The summed E-state index contributed by atoms with van der Waals surface area (Å²) >= 11 is 0. The summed E-state index contributed by atoms with van der Waals surface area (Å²) in [6.45, 7) is 1.96. The van der Waals surface area contributed by atoms with Crippen LogP contribution in [-0.4, -0.2) is 35.5 Å². The van der Waals surface area contributed by atoms with Crippen LogP contribution in [0, 0.1) is 17.6 Å². The van der Waals surface area contributed by atoms with Crippen molar-refractivity contribution in [2.45, 2.75) is 6.42 Å². The van der Waals surface area contributed by atoms with Gasteiger partial charge in [-0.25, -0.2) is 18.7 Å². The van der Waals surface area contributed by atoms with Gasteiger partial charge < -0.3 is 10.2 Å². The maximum atomic E-state index is 13.3. The molecule has 0 spiro atoms. The van der Waals surface area contributed by atoms with Crippen molar-refractivity contribution < 1.29 is 13.6 Å². The zero-order chi connectivity index (χ0) is 16.2. The number of rotatable bonds is 4. The summed E-state index contributed by atoms with van der Waals surface area (Å²) in [5.74, 6) is -1.64. The van der Waals surface area contributed by atoms with Crippen LogP contribution in [0.1, 0.15) is 16.8 Å². The Morgan fingerprint density at radius 3 is 2.78 bits per heavy atom. The molecule has 120 valence electrons. The molecule has 1 N–H and O–H groups in total. The molecule has 1 aromatic carbocycles. The van der Waals surface area contributed by atoms with Crippen LogP contribution in [-0.2, 0) is 0 Å². The van der Waals surface area contributed by atoms with Crippen molar-refractivity contribution in [2.75, 3.05) is 24.5 Å². The second-order valence-electron chi connectivity index (χ2n) is 5.54. The fourth-order valence-corrected chi connectivity index (χ4v) is 2.67. The predicted molar refractivity (Wildman–Crippen MR) is 81.0 cm³/mol. The third-order valence-electron chi connectivity index (χ3n) is 3.93. The van der Waals surface area contributed by atoms with E-state index < -0.39 is 11.6 Å². The number of carbonyl (C=O) groups excluding carboxylic acids is 1. The molecule has 0 saturated carbocycles. The molecule has 0 radical (unpaired) electrons. The summed E-state index contributed by atoms with van der Waals surface area (Å²) in [5.41, 5.74) is 1.08. The minimum Gasteiger partial charge on any atom is -0.371 e. The lowest BCUT2D eigenvalue weighted by atomic mass is 10.1. The molecule has 1 aromatic heterocycles. The molecular formula is C16H16F2N4O. The molecule has 7 heteroatoms. The Bertz CT molecular complexity index is 696. The fraction of sp³-hybridized carbons (Fsp3) is 0.312. The standard InChI is InChI=1S/C16H16F2N4O/c17-14-2-1-13(5-15(14)18)22-4-3-11(9-22)6-21-16(23)12-7-19-10-20-8-12/h1-2,5,7-8,10-11H,3-4,6,9H2,(H,21,23)/t11-/m0/s1. The topological polar surface area (TPSA) is 58.1 Å². The van der Waals surface area contributed by atoms with Gasteiger partial charge in [0.15, 0.2) is 11.6 Å². The van der Waals surface area contributed by atoms with Gasteiger partial charge in [-0.05, 0) is 24.5 Å². The minimum atomic E-state index is -0.846. The summed E-state index contributed by atoms with van der Waals surface area (Å²) in [5, 5.41) is 2.85. The first-order valence-corrected chi connectivity index (χ1v) is 7.36. The Labute approximate surface area is 132 Å². The second-order valence-corrected chi connectivity index (χ2v) is 5.54. The van der Waals surface area contributed by atoms with Gasteiger partial charge in [0.25, 0.3) is 5.91 Å². The lowest BCUT2D eigenvalue weighted by Gasteiger charge is -2.19. The Morgan fingerprint density at radius 2 is 2.04 bits per heavy atom. The van der Waals surface area contributed by atoms with Crippen LogP contribution in [0.3, 0.4) is 0 Å². The van der Waals surface area contributed by atoms with Gasteiger partial charge in [0.1, 0.15) is 6.33 Å². The van der Waals surface area contributed by atoms with Gasteiger partial charge in [0.05, 0.1) is 5.56 Å². The highest BCUT2D eigenvalue weighted by atomic mass is 19.2. The van der Waals surface area contributed by atoms with Crippen molar-refractivity contribution in [3.8, 4) is 0 Å². The largest absolute Gasteiger partial charge is 0.371 e. The van der Waals surface area contributed by atoms with Gasteiger partial charge in [0, 0.05) is 43.8 Å². The molecule has 1 amide bonds. The van der Waals surface area contributed by atoms with E-state index in [1.165, 1.54) is 24.8 Å². The molecule has 0 unspecified atom stereocenters. The van der Waals surface area contributed by atoms with Crippen molar-refractivity contribution >= 4 is 11.6 Å².